The minimum Gasteiger partial charge on any atom is -0.376 e. The van der Waals surface area contributed by atoms with Gasteiger partial charge in [0.05, 0.1) is 18.2 Å². The Morgan fingerprint density at radius 3 is 2.44 bits per heavy atom. The molecule has 27 heavy (non-hydrogen) atoms. The highest BCUT2D eigenvalue weighted by Gasteiger charge is 2.28. The molecule has 7 nitrogen and oxygen atoms in total. The van der Waals surface area contributed by atoms with Gasteiger partial charge in [0.15, 0.2) is 0 Å². The third-order valence-corrected chi connectivity index (χ3v) is 5.23. The quantitative estimate of drug-likeness (QED) is 0.617. The second-order valence-electron chi connectivity index (χ2n) is 7.10. The van der Waals surface area contributed by atoms with E-state index in [1.165, 1.54) is 0 Å². The van der Waals surface area contributed by atoms with Crippen molar-refractivity contribution in [1.82, 2.24) is 16.0 Å². The number of benzene rings is 1. The number of ether oxygens (including phenoxy) is 1. The summed E-state index contributed by atoms with van der Waals surface area (Å²) < 4.78 is 5.51. The standard InChI is InChI=1S/C19H27ClN4O3/c20-13-5-3-6-14(11-13)22-19(26)24-17-9-2-1-8-16(17)23-18(25)21-12-15-7-4-10-27-15/h3,5-6,11,15-17H,1-2,4,7-10,12H2,(H2,21,23,25)(H2,22,24,26). The molecule has 0 spiro atoms. The van der Waals surface area contributed by atoms with E-state index >= 15 is 0 Å². The van der Waals surface area contributed by atoms with Crippen molar-refractivity contribution in [2.75, 3.05) is 18.5 Å². The minimum atomic E-state index is -0.296. The van der Waals surface area contributed by atoms with Crippen LogP contribution in [-0.2, 0) is 4.74 Å². The Hall–Kier alpha value is -1.99. The van der Waals surface area contributed by atoms with Gasteiger partial charge in [0, 0.05) is 23.9 Å². The number of halogens is 1. The van der Waals surface area contributed by atoms with Crippen molar-refractivity contribution in [3.05, 3.63) is 29.3 Å². The van der Waals surface area contributed by atoms with Gasteiger partial charge in [-0.3, -0.25) is 0 Å². The van der Waals surface area contributed by atoms with Gasteiger partial charge >= 0.3 is 12.1 Å². The minimum absolute atomic E-state index is 0.0895. The van der Waals surface area contributed by atoms with E-state index in [0.29, 0.717) is 17.3 Å². The van der Waals surface area contributed by atoms with Crippen LogP contribution >= 0.6 is 11.6 Å². The Labute approximate surface area is 164 Å². The Bertz CT molecular complexity index is 652. The molecule has 0 bridgehead atoms. The molecule has 0 radical (unpaired) electrons. The van der Waals surface area contributed by atoms with Crippen LogP contribution in [0, 0.1) is 0 Å². The van der Waals surface area contributed by atoms with Crippen molar-refractivity contribution in [2.45, 2.75) is 56.7 Å². The van der Waals surface area contributed by atoms with Crippen molar-refractivity contribution >= 4 is 29.4 Å². The first kappa shape index (κ1) is 19.8. The van der Waals surface area contributed by atoms with E-state index in [4.69, 9.17) is 16.3 Å². The largest absolute Gasteiger partial charge is 0.376 e. The predicted molar refractivity (Wildman–Crippen MR) is 105 cm³/mol. The van der Waals surface area contributed by atoms with Crippen molar-refractivity contribution < 1.29 is 14.3 Å². The fourth-order valence-corrected chi connectivity index (χ4v) is 3.80. The number of hydrogen-bond donors (Lipinski definition) is 4. The summed E-state index contributed by atoms with van der Waals surface area (Å²) in [5, 5.41) is 12.2. The van der Waals surface area contributed by atoms with Gasteiger partial charge in [0.1, 0.15) is 0 Å². The lowest BCUT2D eigenvalue weighted by Crippen LogP contribution is -2.56. The zero-order valence-corrected chi connectivity index (χ0v) is 16.1. The summed E-state index contributed by atoms with van der Waals surface area (Å²) in [6, 6.07) is 6.30. The number of rotatable bonds is 5. The maximum absolute atomic E-state index is 12.3. The third-order valence-electron chi connectivity index (χ3n) is 5.00. The molecule has 1 heterocycles. The van der Waals surface area contributed by atoms with Gasteiger partial charge in [-0.1, -0.05) is 30.5 Å². The van der Waals surface area contributed by atoms with Crippen LogP contribution in [0.2, 0.25) is 5.02 Å². The van der Waals surface area contributed by atoms with Gasteiger partial charge in [-0.25, -0.2) is 9.59 Å². The molecule has 3 atom stereocenters. The predicted octanol–water partition coefficient (Wildman–Crippen LogP) is 3.25. The summed E-state index contributed by atoms with van der Waals surface area (Å²) in [5.74, 6) is 0. The lowest BCUT2D eigenvalue weighted by atomic mass is 9.90. The molecule has 2 aliphatic rings. The molecule has 1 aromatic carbocycles. The highest BCUT2D eigenvalue weighted by molar-refractivity contribution is 6.30. The fraction of sp³-hybridized carbons (Fsp3) is 0.579. The SMILES string of the molecule is O=C(NCC1CCCO1)NC1CCCCC1NC(=O)Nc1cccc(Cl)c1. The molecule has 4 amide bonds. The molecule has 1 aliphatic heterocycles. The van der Waals surface area contributed by atoms with Crippen LogP contribution < -0.4 is 21.3 Å². The van der Waals surface area contributed by atoms with Crippen LogP contribution in [0.4, 0.5) is 15.3 Å². The van der Waals surface area contributed by atoms with Crippen LogP contribution in [0.1, 0.15) is 38.5 Å². The molecule has 1 aromatic rings. The van der Waals surface area contributed by atoms with E-state index in [1.54, 1.807) is 24.3 Å². The maximum atomic E-state index is 12.3. The number of carbonyl (C=O) groups excluding carboxylic acids is 2. The molecule has 1 saturated carbocycles. The van der Waals surface area contributed by atoms with E-state index < -0.39 is 0 Å². The van der Waals surface area contributed by atoms with Gasteiger partial charge in [-0.2, -0.15) is 0 Å². The molecular formula is C19H27ClN4O3. The first-order valence-corrected chi connectivity index (χ1v) is 9.97. The molecule has 3 rings (SSSR count). The van der Waals surface area contributed by atoms with Crippen LogP contribution in [0.25, 0.3) is 0 Å². The number of urea groups is 2. The molecule has 1 saturated heterocycles. The highest BCUT2D eigenvalue weighted by Crippen LogP contribution is 2.19. The van der Waals surface area contributed by atoms with E-state index in [0.717, 1.165) is 45.1 Å². The Morgan fingerprint density at radius 2 is 1.78 bits per heavy atom. The highest BCUT2D eigenvalue weighted by atomic mass is 35.5. The van der Waals surface area contributed by atoms with Crippen molar-refractivity contribution in [3.63, 3.8) is 0 Å². The van der Waals surface area contributed by atoms with Crippen LogP contribution in [0.5, 0.6) is 0 Å². The first-order chi connectivity index (χ1) is 13.1. The van der Waals surface area contributed by atoms with Crippen molar-refractivity contribution in [1.29, 1.82) is 0 Å². The zero-order chi connectivity index (χ0) is 19.1. The number of hydrogen-bond acceptors (Lipinski definition) is 3. The zero-order valence-electron chi connectivity index (χ0n) is 15.3. The van der Waals surface area contributed by atoms with Gasteiger partial charge in [0.2, 0.25) is 0 Å². The summed E-state index contributed by atoms with van der Waals surface area (Å²) in [7, 11) is 0. The van der Waals surface area contributed by atoms with Crippen molar-refractivity contribution in [3.8, 4) is 0 Å². The van der Waals surface area contributed by atoms with Gasteiger partial charge < -0.3 is 26.0 Å². The first-order valence-electron chi connectivity index (χ1n) is 9.59. The number of amides is 4. The summed E-state index contributed by atoms with van der Waals surface area (Å²) in [4.78, 5) is 24.5. The number of carbonyl (C=O) groups is 2. The van der Waals surface area contributed by atoms with Crippen molar-refractivity contribution in [2.24, 2.45) is 0 Å². The molecular weight excluding hydrogens is 368 g/mol. The van der Waals surface area contributed by atoms with Gasteiger partial charge in [-0.15, -0.1) is 0 Å². The Balaban J connectivity index is 1.47. The van der Waals surface area contributed by atoms with E-state index in [-0.39, 0.29) is 30.2 Å². The fourth-order valence-electron chi connectivity index (χ4n) is 3.61. The van der Waals surface area contributed by atoms with Crippen LogP contribution in [0.15, 0.2) is 24.3 Å². The van der Waals surface area contributed by atoms with Crippen LogP contribution in [0.3, 0.4) is 0 Å². The van der Waals surface area contributed by atoms with E-state index in [9.17, 15) is 9.59 Å². The lowest BCUT2D eigenvalue weighted by molar-refractivity contribution is 0.111. The third kappa shape index (κ3) is 6.29. The smallest absolute Gasteiger partial charge is 0.319 e. The molecule has 8 heteroatoms. The van der Waals surface area contributed by atoms with E-state index in [1.807, 2.05) is 0 Å². The topological polar surface area (TPSA) is 91.5 Å². The second kappa shape index (κ2) is 9.80. The normalized spacial score (nSPS) is 24.9. The van der Waals surface area contributed by atoms with Crippen LogP contribution in [-0.4, -0.2) is 43.4 Å². The average Bonchev–Trinajstić information content (AvgIpc) is 3.15. The molecule has 2 fully saturated rings. The summed E-state index contributed by atoms with van der Waals surface area (Å²) in [6.45, 7) is 1.29. The van der Waals surface area contributed by atoms with E-state index in [2.05, 4.69) is 21.3 Å². The molecule has 148 valence electrons. The average molecular weight is 395 g/mol. The van der Waals surface area contributed by atoms with Gasteiger partial charge in [-0.05, 0) is 43.9 Å². The molecule has 1 aliphatic carbocycles. The Kier molecular flexibility index (Phi) is 7.18. The lowest BCUT2D eigenvalue weighted by Gasteiger charge is -2.32. The monoisotopic (exact) mass is 394 g/mol. The second-order valence-corrected chi connectivity index (χ2v) is 7.53. The Morgan fingerprint density at radius 1 is 1.04 bits per heavy atom. The number of anilines is 1. The molecule has 0 aromatic heterocycles. The summed E-state index contributed by atoms with van der Waals surface area (Å²) in [5.41, 5.74) is 0.634. The number of nitrogens with one attached hydrogen (secondary N) is 4. The maximum Gasteiger partial charge on any atom is 0.319 e. The summed E-state index contributed by atoms with van der Waals surface area (Å²) in [6.07, 6.45) is 5.87. The molecule has 3 unspecified atom stereocenters. The van der Waals surface area contributed by atoms with Gasteiger partial charge in [0.25, 0.3) is 0 Å². The molecule has 4 N–H and O–H groups in total. The summed E-state index contributed by atoms with van der Waals surface area (Å²) >= 11 is 5.94.